The number of aliphatic hydroxyl groups is 1. The van der Waals surface area contributed by atoms with Gasteiger partial charge in [-0.3, -0.25) is 0 Å². The summed E-state index contributed by atoms with van der Waals surface area (Å²) in [6.07, 6.45) is 6.37. The predicted molar refractivity (Wildman–Crippen MR) is 70.1 cm³/mol. The third kappa shape index (κ3) is 3.19. The summed E-state index contributed by atoms with van der Waals surface area (Å²) in [7, 11) is 0. The van der Waals surface area contributed by atoms with Gasteiger partial charge in [-0.05, 0) is 43.9 Å². The standard InChI is InChI=1S/C14H22N2O/c1-3-4-9-16(13-5-6-13)14-10-12(11(2)17)7-8-15-14/h7-8,10-11,13,17H,3-6,9H2,1-2H3/t11-/m1/s1. The van der Waals surface area contributed by atoms with Crippen LogP contribution in [-0.2, 0) is 0 Å². The Labute approximate surface area is 103 Å². The summed E-state index contributed by atoms with van der Waals surface area (Å²) in [6, 6.07) is 4.59. The third-order valence-corrected chi connectivity index (χ3v) is 3.29. The quantitative estimate of drug-likeness (QED) is 0.822. The number of aliphatic hydroxyl groups excluding tert-OH is 1. The SMILES string of the molecule is CCCCN(c1cc([C@@H](C)O)ccn1)C1CC1. The minimum Gasteiger partial charge on any atom is -0.389 e. The van der Waals surface area contributed by atoms with E-state index in [4.69, 9.17) is 0 Å². The van der Waals surface area contributed by atoms with Crippen molar-refractivity contribution in [2.24, 2.45) is 0 Å². The van der Waals surface area contributed by atoms with Crippen LogP contribution in [0.4, 0.5) is 5.82 Å². The summed E-state index contributed by atoms with van der Waals surface area (Å²) in [5, 5.41) is 9.61. The normalized spacial score (nSPS) is 16.9. The minimum absolute atomic E-state index is 0.413. The molecule has 1 heterocycles. The largest absolute Gasteiger partial charge is 0.389 e. The van der Waals surface area contributed by atoms with Crippen LogP contribution in [-0.4, -0.2) is 22.7 Å². The van der Waals surface area contributed by atoms with Crippen molar-refractivity contribution in [2.75, 3.05) is 11.4 Å². The number of aromatic nitrogens is 1. The number of hydrogen-bond donors (Lipinski definition) is 1. The fourth-order valence-corrected chi connectivity index (χ4v) is 2.05. The number of hydrogen-bond acceptors (Lipinski definition) is 3. The van der Waals surface area contributed by atoms with Gasteiger partial charge in [-0.15, -0.1) is 0 Å². The highest BCUT2D eigenvalue weighted by Crippen LogP contribution is 2.31. The topological polar surface area (TPSA) is 36.4 Å². The van der Waals surface area contributed by atoms with Crippen LogP contribution in [0.25, 0.3) is 0 Å². The number of nitrogens with zero attached hydrogens (tertiary/aromatic N) is 2. The molecule has 1 saturated carbocycles. The summed E-state index contributed by atoms with van der Waals surface area (Å²) in [4.78, 5) is 6.85. The molecule has 0 aliphatic heterocycles. The Morgan fingerprint density at radius 3 is 2.88 bits per heavy atom. The Kier molecular flexibility index (Phi) is 4.00. The molecular weight excluding hydrogens is 212 g/mol. The Morgan fingerprint density at radius 2 is 2.29 bits per heavy atom. The van der Waals surface area contributed by atoms with Gasteiger partial charge in [0.15, 0.2) is 0 Å². The van der Waals surface area contributed by atoms with E-state index in [2.05, 4.69) is 16.8 Å². The molecule has 0 amide bonds. The van der Waals surface area contributed by atoms with E-state index in [1.54, 1.807) is 13.1 Å². The zero-order chi connectivity index (χ0) is 12.3. The highest BCUT2D eigenvalue weighted by Gasteiger charge is 2.29. The molecule has 0 aromatic carbocycles. The molecule has 1 fully saturated rings. The van der Waals surface area contributed by atoms with E-state index >= 15 is 0 Å². The van der Waals surface area contributed by atoms with Gasteiger partial charge in [0.2, 0.25) is 0 Å². The lowest BCUT2D eigenvalue weighted by Gasteiger charge is -2.24. The van der Waals surface area contributed by atoms with E-state index < -0.39 is 6.10 Å². The van der Waals surface area contributed by atoms with E-state index in [1.807, 2.05) is 12.1 Å². The molecule has 1 atom stereocenters. The third-order valence-electron chi connectivity index (χ3n) is 3.29. The van der Waals surface area contributed by atoms with Crippen molar-refractivity contribution in [2.45, 2.75) is 51.7 Å². The molecule has 0 unspecified atom stereocenters. The first-order valence-electron chi connectivity index (χ1n) is 6.63. The van der Waals surface area contributed by atoms with E-state index in [0.29, 0.717) is 6.04 Å². The van der Waals surface area contributed by atoms with E-state index in [9.17, 15) is 5.11 Å². The molecule has 94 valence electrons. The summed E-state index contributed by atoms with van der Waals surface area (Å²) >= 11 is 0. The highest BCUT2D eigenvalue weighted by atomic mass is 16.3. The monoisotopic (exact) mass is 234 g/mol. The van der Waals surface area contributed by atoms with Crippen molar-refractivity contribution in [3.8, 4) is 0 Å². The molecule has 1 N–H and O–H groups in total. The Balaban J connectivity index is 2.14. The van der Waals surface area contributed by atoms with Gasteiger partial charge in [-0.25, -0.2) is 4.98 Å². The molecule has 0 radical (unpaired) electrons. The summed E-state index contributed by atoms with van der Waals surface area (Å²) in [5.74, 6) is 1.03. The van der Waals surface area contributed by atoms with Crippen LogP contribution in [0.15, 0.2) is 18.3 Å². The first-order chi connectivity index (χ1) is 8.22. The summed E-state index contributed by atoms with van der Waals surface area (Å²) in [5.41, 5.74) is 0.956. The van der Waals surface area contributed by atoms with Gasteiger partial charge in [0.1, 0.15) is 5.82 Å². The average molecular weight is 234 g/mol. The van der Waals surface area contributed by atoms with Crippen molar-refractivity contribution in [3.05, 3.63) is 23.9 Å². The molecule has 1 aromatic rings. The Bertz CT molecular complexity index is 361. The van der Waals surface area contributed by atoms with Crippen molar-refractivity contribution < 1.29 is 5.11 Å². The molecule has 0 spiro atoms. The molecule has 3 heteroatoms. The van der Waals surface area contributed by atoms with Crippen LogP contribution in [0.3, 0.4) is 0 Å². The van der Waals surface area contributed by atoms with Crippen LogP contribution in [0, 0.1) is 0 Å². The van der Waals surface area contributed by atoms with Gasteiger partial charge in [0, 0.05) is 18.8 Å². The van der Waals surface area contributed by atoms with Crippen molar-refractivity contribution in [1.29, 1.82) is 0 Å². The van der Waals surface area contributed by atoms with Gasteiger partial charge in [0.05, 0.1) is 6.10 Å². The fraction of sp³-hybridized carbons (Fsp3) is 0.643. The Hall–Kier alpha value is -1.09. The smallest absolute Gasteiger partial charge is 0.129 e. The Morgan fingerprint density at radius 1 is 1.53 bits per heavy atom. The molecule has 1 aromatic heterocycles. The molecule has 0 bridgehead atoms. The van der Waals surface area contributed by atoms with Crippen LogP contribution in [0.5, 0.6) is 0 Å². The van der Waals surface area contributed by atoms with Gasteiger partial charge in [-0.2, -0.15) is 0 Å². The van der Waals surface area contributed by atoms with E-state index in [0.717, 1.165) is 17.9 Å². The molecule has 17 heavy (non-hydrogen) atoms. The lowest BCUT2D eigenvalue weighted by molar-refractivity contribution is 0.199. The maximum atomic E-state index is 9.61. The maximum Gasteiger partial charge on any atom is 0.129 e. The van der Waals surface area contributed by atoms with Crippen molar-refractivity contribution in [1.82, 2.24) is 4.98 Å². The van der Waals surface area contributed by atoms with Crippen LogP contribution in [0.1, 0.15) is 51.2 Å². The maximum absolute atomic E-state index is 9.61. The van der Waals surface area contributed by atoms with Gasteiger partial charge < -0.3 is 10.0 Å². The predicted octanol–water partition coefficient (Wildman–Crippen LogP) is 2.90. The molecule has 1 aliphatic rings. The zero-order valence-corrected chi connectivity index (χ0v) is 10.8. The average Bonchev–Trinajstić information content (AvgIpc) is 3.14. The molecular formula is C14H22N2O. The first kappa shape index (κ1) is 12.4. The molecule has 1 aliphatic carbocycles. The van der Waals surface area contributed by atoms with Gasteiger partial charge in [-0.1, -0.05) is 13.3 Å². The summed E-state index contributed by atoms with van der Waals surface area (Å²) < 4.78 is 0. The second-order valence-corrected chi connectivity index (χ2v) is 4.90. The van der Waals surface area contributed by atoms with Crippen LogP contribution < -0.4 is 4.90 Å². The minimum atomic E-state index is -0.413. The molecule has 2 rings (SSSR count). The second kappa shape index (κ2) is 5.50. The summed E-state index contributed by atoms with van der Waals surface area (Å²) in [6.45, 7) is 5.09. The van der Waals surface area contributed by atoms with Gasteiger partial charge in [0.25, 0.3) is 0 Å². The zero-order valence-electron chi connectivity index (χ0n) is 10.8. The number of rotatable bonds is 6. The van der Waals surface area contributed by atoms with Crippen molar-refractivity contribution in [3.63, 3.8) is 0 Å². The first-order valence-corrected chi connectivity index (χ1v) is 6.63. The fourth-order valence-electron chi connectivity index (χ4n) is 2.05. The van der Waals surface area contributed by atoms with Crippen LogP contribution >= 0.6 is 0 Å². The van der Waals surface area contributed by atoms with Crippen LogP contribution in [0.2, 0.25) is 0 Å². The van der Waals surface area contributed by atoms with Gasteiger partial charge >= 0.3 is 0 Å². The lowest BCUT2D eigenvalue weighted by Crippen LogP contribution is -2.27. The van der Waals surface area contributed by atoms with Crippen molar-refractivity contribution >= 4 is 5.82 Å². The van der Waals surface area contributed by atoms with E-state index in [1.165, 1.54) is 25.7 Å². The highest BCUT2D eigenvalue weighted by molar-refractivity contribution is 5.44. The molecule has 3 nitrogen and oxygen atoms in total. The molecule has 0 saturated heterocycles. The van der Waals surface area contributed by atoms with E-state index in [-0.39, 0.29) is 0 Å². The number of pyridine rings is 1. The number of anilines is 1. The number of unbranched alkanes of at least 4 members (excludes halogenated alkanes) is 1. The second-order valence-electron chi connectivity index (χ2n) is 4.90. The lowest BCUT2D eigenvalue weighted by atomic mass is 10.1.